The van der Waals surface area contributed by atoms with Crippen LogP contribution in [0.15, 0.2) is 54.6 Å². The summed E-state index contributed by atoms with van der Waals surface area (Å²) in [5, 5.41) is 0. The zero-order valence-corrected chi connectivity index (χ0v) is 16.2. The maximum Gasteiger partial charge on any atom is 0.305 e. The van der Waals surface area contributed by atoms with E-state index in [2.05, 4.69) is 29.2 Å². The quantitative estimate of drug-likeness (QED) is 0.418. The number of benzene rings is 2. The van der Waals surface area contributed by atoms with Gasteiger partial charge in [0.05, 0.1) is 14.2 Å². The van der Waals surface area contributed by atoms with Crippen molar-refractivity contribution >= 4 is 5.97 Å². The van der Waals surface area contributed by atoms with E-state index in [1.54, 1.807) is 7.11 Å². The number of carbonyl (C=O) groups excluding carboxylic acids is 1. The predicted molar refractivity (Wildman–Crippen MR) is 106 cm³/mol. The summed E-state index contributed by atoms with van der Waals surface area (Å²) in [6.07, 6.45) is 2.23. The molecule has 2 aromatic carbocycles. The van der Waals surface area contributed by atoms with E-state index >= 15 is 0 Å². The Kier molecular flexibility index (Phi) is 9.21. The largest absolute Gasteiger partial charge is 0.493 e. The Morgan fingerprint density at radius 2 is 1.59 bits per heavy atom. The minimum absolute atomic E-state index is 0.149. The monoisotopic (exact) mass is 371 g/mol. The van der Waals surface area contributed by atoms with E-state index in [0.717, 1.165) is 44.0 Å². The van der Waals surface area contributed by atoms with E-state index in [9.17, 15) is 4.79 Å². The minimum Gasteiger partial charge on any atom is -0.493 e. The molecule has 0 saturated carbocycles. The molecule has 0 bridgehead atoms. The van der Waals surface area contributed by atoms with Crippen molar-refractivity contribution in [2.45, 2.75) is 25.8 Å². The number of carbonyl (C=O) groups is 1. The molecule has 0 spiro atoms. The molecule has 0 aliphatic carbocycles. The number of ether oxygens (including phenoxy) is 3. The third-order valence-corrected chi connectivity index (χ3v) is 4.32. The lowest BCUT2D eigenvalue weighted by Crippen LogP contribution is -2.29. The van der Waals surface area contributed by atoms with Crippen molar-refractivity contribution in [1.29, 1.82) is 0 Å². The van der Waals surface area contributed by atoms with Crippen molar-refractivity contribution in [3.8, 4) is 11.5 Å². The Balaban J connectivity index is 1.85. The molecule has 0 aromatic heterocycles. The Labute approximate surface area is 161 Å². The fraction of sp³-hybridized carbons (Fsp3) is 0.409. The molecule has 0 fully saturated rings. The van der Waals surface area contributed by atoms with Gasteiger partial charge in [-0.3, -0.25) is 9.69 Å². The Bertz CT molecular complexity index is 675. The number of nitrogens with zero attached hydrogens (tertiary/aromatic N) is 1. The molecule has 0 saturated heterocycles. The molecule has 0 amide bonds. The van der Waals surface area contributed by atoms with Crippen molar-refractivity contribution < 1.29 is 19.0 Å². The lowest BCUT2D eigenvalue weighted by molar-refractivity contribution is -0.140. The van der Waals surface area contributed by atoms with Crippen molar-refractivity contribution in [1.82, 2.24) is 4.90 Å². The lowest BCUT2D eigenvalue weighted by atomic mass is 10.2. The number of para-hydroxylation sites is 2. The first-order valence-corrected chi connectivity index (χ1v) is 9.32. The Morgan fingerprint density at radius 1 is 0.889 bits per heavy atom. The molecule has 0 atom stereocenters. The molecule has 0 aliphatic rings. The summed E-state index contributed by atoms with van der Waals surface area (Å²) >= 11 is 0. The fourth-order valence-corrected chi connectivity index (χ4v) is 2.84. The summed E-state index contributed by atoms with van der Waals surface area (Å²) in [5.41, 5.74) is 1.27. The zero-order chi connectivity index (χ0) is 19.3. The third kappa shape index (κ3) is 7.71. The summed E-state index contributed by atoms with van der Waals surface area (Å²) in [6.45, 7) is 3.13. The molecule has 2 aromatic rings. The zero-order valence-electron chi connectivity index (χ0n) is 16.2. The van der Waals surface area contributed by atoms with Crippen LogP contribution in [0.3, 0.4) is 0 Å². The van der Waals surface area contributed by atoms with Gasteiger partial charge >= 0.3 is 5.97 Å². The van der Waals surface area contributed by atoms with Crippen LogP contribution in [0.25, 0.3) is 0 Å². The predicted octanol–water partition coefficient (Wildman–Crippen LogP) is 3.92. The standard InChI is InChI=1S/C22H29NO4/c1-25-20-12-6-7-13-21(20)27-17-16-23(15-9-8-14-22(24)26-2)18-19-10-4-3-5-11-19/h3-7,10-13H,8-9,14-18H2,1-2H3. The topological polar surface area (TPSA) is 48.0 Å². The second kappa shape index (κ2) is 12.0. The van der Waals surface area contributed by atoms with Gasteiger partial charge in [-0.15, -0.1) is 0 Å². The van der Waals surface area contributed by atoms with Gasteiger partial charge in [0, 0.05) is 19.5 Å². The number of hydrogen-bond donors (Lipinski definition) is 0. The average Bonchev–Trinajstić information content (AvgIpc) is 2.71. The van der Waals surface area contributed by atoms with Crippen LogP contribution in [0.2, 0.25) is 0 Å². The normalized spacial score (nSPS) is 10.6. The highest BCUT2D eigenvalue weighted by molar-refractivity contribution is 5.68. The van der Waals surface area contributed by atoms with E-state index in [4.69, 9.17) is 14.2 Å². The summed E-state index contributed by atoms with van der Waals surface area (Å²) < 4.78 is 16.0. The third-order valence-electron chi connectivity index (χ3n) is 4.32. The number of methoxy groups -OCH3 is 2. The van der Waals surface area contributed by atoms with E-state index < -0.39 is 0 Å². The molecule has 0 radical (unpaired) electrons. The van der Waals surface area contributed by atoms with E-state index in [1.165, 1.54) is 12.7 Å². The highest BCUT2D eigenvalue weighted by atomic mass is 16.5. The molecule has 2 rings (SSSR count). The first kappa shape index (κ1) is 20.8. The van der Waals surface area contributed by atoms with Crippen LogP contribution in [0.1, 0.15) is 24.8 Å². The Morgan fingerprint density at radius 3 is 2.30 bits per heavy atom. The summed E-state index contributed by atoms with van der Waals surface area (Å²) in [7, 11) is 3.07. The molecule has 5 nitrogen and oxygen atoms in total. The molecule has 0 N–H and O–H groups in total. The molecule has 0 aliphatic heterocycles. The van der Waals surface area contributed by atoms with Crippen LogP contribution in [0.5, 0.6) is 11.5 Å². The Hall–Kier alpha value is -2.53. The van der Waals surface area contributed by atoms with Crippen LogP contribution in [0, 0.1) is 0 Å². The van der Waals surface area contributed by atoms with Gasteiger partial charge in [0.1, 0.15) is 6.61 Å². The molecule has 27 heavy (non-hydrogen) atoms. The molecule has 0 unspecified atom stereocenters. The number of unbranched alkanes of at least 4 members (excludes halogenated alkanes) is 1. The molecular weight excluding hydrogens is 342 g/mol. The molecule has 5 heteroatoms. The summed E-state index contributed by atoms with van der Waals surface area (Å²) in [5.74, 6) is 1.35. The summed E-state index contributed by atoms with van der Waals surface area (Å²) in [4.78, 5) is 13.6. The van der Waals surface area contributed by atoms with Crippen LogP contribution >= 0.6 is 0 Å². The van der Waals surface area contributed by atoms with Crippen LogP contribution in [0.4, 0.5) is 0 Å². The van der Waals surface area contributed by atoms with Gasteiger partial charge in [-0.25, -0.2) is 0 Å². The lowest BCUT2D eigenvalue weighted by Gasteiger charge is -2.23. The molecule has 146 valence electrons. The van der Waals surface area contributed by atoms with Crippen LogP contribution in [-0.4, -0.2) is 44.8 Å². The van der Waals surface area contributed by atoms with Crippen LogP contribution < -0.4 is 9.47 Å². The minimum atomic E-state index is -0.149. The van der Waals surface area contributed by atoms with Gasteiger partial charge in [0.25, 0.3) is 0 Å². The van der Waals surface area contributed by atoms with Crippen molar-refractivity contribution in [3.05, 3.63) is 60.2 Å². The average molecular weight is 371 g/mol. The van der Waals surface area contributed by atoms with Crippen molar-refractivity contribution in [3.63, 3.8) is 0 Å². The SMILES string of the molecule is COC(=O)CCCCN(CCOc1ccccc1OC)Cc1ccccc1. The number of rotatable bonds is 12. The number of esters is 1. The smallest absolute Gasteiger partial charge is 0.305 e. The van der Waals surface area contributed by atoms with Gasteiger partial charge in [-0.1, -0.05) is 42.5 Å². The van der Waals surface area contributed by atoms with Crippen molar-refractivity contribution in [2.75, 3.05) is 33.9 Å². The van der Waals surface area contributed by atoms with Gasteiger partial charge in [0.2, 0.25) is 0 Å². The fourth-order valence-electron chi connectivity index (χ4n) is 2.84. The number of hydrogen-bond acceptors (Lipinski definition) is 5. The maximum absolute atomic E-state index is 11.3. The summed E-state index contributed by atoms with van der Waals surface area (Å²) in [6, 6.07) is 18.0. The highest BCUT2D eigenvalue weighted by Crippen LogP contribution is 2.25. The van der Waals surface area contributed by atoms with E-state index in [1.807, 2.05) is 30.3 Å². The van der Waals surface area contributed by atoms with Gasteiger partial charge in [0.15, 0.2) is 11.5 Å². The van der Waals surface area contributed by atoms with Gasteiger partial charge in [-0.05, 0) is 37.1 Å². The molecular formula is C22H29NO4. The second-order valence-corrected chi connectivity index (χ2v) is 6.29. The van der Waals surface area contributed by atoms with Crippen LogP contribution in [-0.2, 0) is 16.1 Å². The second-order valence-electron chi connectivity index (χ2n) is 6.29. The first-order valence-electron chi connectivity index (χ1n) is 9.32. The maximum atomic E-state index is 11.3. The first-order chi connectivity index (χ1) is 13.2. The highest BCUT2D eigenvalue weighted by Gasteiger charge is 2.09. The van der Waals surface area contributed by atoms with E-state index in [0.29, 0.717) is 13.0 Å². The molecule has 0 heterocycles. The van der Waals surface area contributed by atoms with E-state index in [-0.39, 0.29) is 5.97 Å². The van der Waals surface area contributed by atoms with Gasteiger partial charge < -0.3 is 14.2 Å². The van der Waals surface area contributed by atoms with Crippen molar-refractivity contribution in [2.24, 2.45) is 0 Å². The van der Waals surface area contributed by atoms with Gasteiger partial charge in [-0.2, -0.15) is 0 Å².